The second kappa shape index (κ2) is 7.19. The third kappa shape index (κ3) is 3.95. The summed E-state index contributed by atoms with van der Waals surface area (Å²) < 4.78 is 1.92. The molecule has 6 heteroatoms. The molecule has 1 aliphatic rings. The Morgan fingerprint density at radius 1 is 1.30 bits per heavy atom. The number of aromatic nitrogens is 2. The molecule has 1 saturated heterocycles. The molecule has 0 atom stereocenters. The number of carbonyl (C=O) groups excluding carboxylic acids is 1. The van der Waals surface area contributed by atoms with Gasteiger partial charge >= 0.3 is 0 Å². The number of thioether (sulfide) groups is 1. The van der Waals surface area contributed by atoms with E-state index in [1.165, 1.54) is 0 Å². The summed E-state index contributed by atoms with van der Waals surface area (Å²) in [6.07, 6.45) is 7.36. The molecule has 2 aromatic rings. The molecule has 0 aliphatic carbocycles. The summed E-state index contributed by atoms with van der Waals surface area (Å²) in [4.78, 5) is 16.3. The molecular weight excluding hydrogens is 310 g/mol. The minimum atomic E-state index is -0.431. The van der Waals surface area contributed by atoms with E-state index >= 15 is 0 Å². The van der Waals surface area contributed by atoms with E-state index in [2.05, 4.69) is 10.3 Å². The Morgan fingerprint density at radius 2 is 2.04 bits per heavy atom. The summed E-state index contributed by atoms with van der Waals surface area (Å²) in [6.45, 7) is 0.0128. The largest absolute Gasteiger partial charge is 0.394 e. The summed E-state index contributed by atoms with van der Waals surface area (Å²) in [5, 5.41) is 12.7. The van der Waals surface area contributed by atoms with Crippen molar-refractivity contribution < 1.29 is 9.90 Å². The highest BCUT2D eigenvalue weighted by Crippen LogP contribution is 2.26. The minimum Gasteiger partial charge on any atom is -0.394 e. The molecule has 1 aromatic carbocycles. The van der Waals surface area contributed by atoms with Crippen LogP contribution in [0.5, 0.6) is 0 Å². The summed E-state index contributed by atoms with van der Waals surface area (Å²) in [5.41, 5.74) is 1.55. The number of nitrogens with zero attached hydrogens (tertiary/aromatic N) is 2. The molecular formula is C17H21N3O2S. The zero-order valence-corrected chi connectivity index (χ0v) is 13.8. The average molecular weight is 331 g/mol. The van der Waals surface area contributed by atoms with Gasteiger partial charge in [-0.15, -0.1) is 0 Å². The van der Waals surface area contributed by atoms with Gasteiger partial charge in [-0.25, -0.2) is 4.98 Å². The van der Waals surface area contributed by atoms with Crippen molar-refractivity contribution in [1.82, 2.24) is 14.9 Å². The lowest BCUT2D eigenvalue weighted by molar-refractivity contribution is -0.123. The molecule has 3 rings (SSSR count). The van der Waals surface area contributed by atoms with Gasteiger partial charge in [0.1, 0.15) is 0 Å². The van der Waals surface area contributed by atoms with E-state index in [1.807, 2.05) is 46.8 Å². The zero-order chi connectivity index (χ0) is 16.1. The minimum absolute atomic E-state index is 0.0128. The second-order valence-electron chi connectivity index (χ2n) is 5.91. The fraction of sp³-hybridized carbons (Fsp3) is 0.412. The number of benzene rings is 1. The van der Waals surface area contributed by atoms with Crippen LogP contribution in [0.2, 0.25) is 0 Å². The van der Waals surface area contributed by atoms with Gasteiger partial charge in [-0.2, -0.15) is 11.8 Å². The van der Waals surface area contributed by atoms with Crippen molar-refractivity contribution in [2.75, 3.05) is 18.1 Å². The van der Waals surface area contributed by atoms with Crippen molar-refractivity contribution >= 4 is 17.7 Å². The van der Waals surface area contributed by atoms with E-state index in [0.29, 0.717) is 6.42 Å². The van der Waals surface area contributed by atoms with E-state index in [1.54, 1.807) is 12.5 Å². The van der Waals surface area contributed by atoms with Crippen molar-refractivity contribution in [1.29, 1.82) is 0 Å². The number of aliphatic hydroxyl groups is 1. The predicted molar refractivity (Wildman–Crippen MR) is 91.8 cm³/mol. The fourth-order valence-electron chi connectivity index (χ4n) is 2.81. The Hall–Kier alpha value is -1.79. The summed E-state index contributed by atoms with van der Waals surface area (Å²) >= 11 is 1.87. The molecule has 0 unspecified atom stereocenters. The monoisotopic (exact) mass is 331 g/mol. The van der Waals surface area contributed by atoms with Crippen molar-refractivity contribution in [2.24, 2.45) is 0 Å². The Morgan fingerprint density at radius 3 is 2.65 bits per heavy atom. The van der Waals surface area contributed by atoms with Gasteiger partial charge in [-0.3, -0.25) is 4.79 Å². The van der Waals surface area contributed by atoms with Crippen LogP contribution in [0.25, 0.3) is 5.69 Å². The Bertz CT molecular complexity index is 634. The second-order valence-corrected chi connectivity index (χ2v) is 7.14. The quantitative estimate of drug-likeness (QED) is 0.876. The smallest absolute Gasteiger partial charge is 0.224 e. The van der Waals surface area contributed by atoms with Crippen LogP contribution in [0.15, 0.2) is 43.0 Å². The van der Waals surface area contributed by atoms with Gasteiger partial charge in [0.2, 0.25) is 5.91 Å². The van der Waals surface area contributed by atoms with Crippen LogP contribution in [0.3, 0.4) is 0 Å². The standard InChI is InChI=1S/C17H21N3O2S/c21-12-17(5-9-23-10-6-17)19-16(22)11-14-1-3-15(4-2-14)20-8-7-18-13-20/h1-4,7-8,13,21H,5-6,9-12H2,(H,19,22). The van der Waals surface area contributed by atoms with Gasteiger partial charge in [0, 0.05) is 18.1 Å². The summed E-state index contributed by atoms with van der Waals surface area (Å²) in [7, 11) is 0. The first-order chi connectivity index (χ1) is 11.2. The Labute approximate surface area is 140 Å². The Balaban J connectivity index is 1.61. The Kier molecular flexibility index (Phi) is 5.03. The number of hydrogen-bond acceptors (Lipinski definition) is 4. The molecule has 122 valence electrons. The molecule has 5 nitrogen and oxygen atoms in total. The molecule has 23 heavy (non-hydrogen) atoms. The van der Waals surface area contributed by atoms with E-state index in [4.69, 9.17) is 0 Å². The van der Waals surface area contributed by atoms with Gasteiger partial charge in [0.15, 0.2) is 0 Å². The first-order valence-electron chi connectivity index (χ1n) is 7.78. The molecule has 0 saturated carbocycles. The number of amides is 1. The highest BCUT2D eigenvalue weighted by Gasteiger charge is 2.32. The number of hydrogen-bond donors (Lipinski definition) is 2. The topological polar surface area (TPSA) is 67.2 Å². The van der Waals surface area contributed by atoms with E-state index in [9.17, 15) is 9.90 Å². The predicted octanol–water partition coefficient (Wildman–Crippen LogP) is 1.79. The van der Waals surface area contributed by atoms with Crippen LogP contribution in [0.1, 0.15) is 18.4 Å². The molecule has 1 fully saturated rings. The zero-order valence-electron chi connectivity index (χ0n) is 12.9. The van der Waals surface area contributed by atoms with E-state index in [0.717, 1.165) is 35.6 Å². The highest BCUT2D eigenvalue weighted by molar-refractivity contribution is 7.99. The van der Waals surface area contributed by atoms with Gasteiger partial charge < -0.3 is 15.0 Å². The average Bonchev–Trinajstić information content (AvgIpc) is 3.11. The van der Waals surface area contributed by atoms with Crippen LogP contribution in [-0.2, 0) is 11.2 Å². The van der Waals surface area contributed by atoms with Gasteiger partial charge in [-0.1, -0.05) is 12.1 Å². The van der Waals surface area contributed by atoms with Crippen molar-refractivity contribution in [2.45, 2.75) is 24.8 Å². The van der Waals surface area contributed by atoms with E-state index in [-0.39, 0.29) is 12.5 Å². The number of nitrogens with one attached hydrogen (secondary N) is 1. The normalized spacial score (nSPS) is 16.9. The van der Waals surface area contributed by atoms with Crippen molar-refractivity contribution in [3.8, 4) is 5.69 Å². The molecule has 2 heterocycles. The number of rotatable bonds is 5. The fourth-order valence-corrected chi connectivity index (χ4v) is 4.08. The third-order valence-electron chi connectivity index (χ3n) is 4.26. The van der Waals surface area contributed by atoms with Crippen LogP contribution < -0.4 is 5.32 Å². The summed E-state index contributed by atoms with van der Waals surface area (Å²) in [6, 6.07) is 7.86. The first kappa shape index (κ1) is 16.1. The molecule has 1 aromatic heterocycles. The highest BCUT2D eigenvalue weighted by atomic mass is 32.2. The molecule has 0 radical (unpaired) electrons. The van der Waals surface area contributed by atoms with Crippen LogP contribution in [0, 0.1) is 0 Å². The van der Waals surface area contributed by atoms with Crippen LogP contribution in [-0.4, -0.2) is 44.2 Å². The number of imidazole rings is 1. The number of aliphatic hydroxyl groups excluding tert-OH is 1. The lowest BCUT2D eigenvalue weighted by Crippen LogP contribution is -2.53. The number of carbonyl (C=O) groups is 1. The van der Waals surface area contributed by atoms with Gasteiger partial charge in [0.25, 0.3) is 0 Å². The maximum absolute atomic E-state index is 12.3. The van der Waals surface area contributed by atoms with Crippen LogP contribution >= 0.6 is 11.8 Å². The molecule has 1 aliphatic heterocycles. The summed E-state index contributed by atoms with van der Waals surface area (Å²) in [5.74, 6) is 1.95. The molecule has 0 bridgehead atoms. The third-order valence-corrected chi connectivity index (χ3v) is 5.25. The SMILES string of the molecule is O=C(Cc1ccc(-n2ccnc2)cc1)NC1(CO)CCSCC1. The maximum Gasteiger partial charge on any atom is 0.224 e. The van der Waals surface area contributed by atoms with Gasteiger partial charge in [0.05, 0.1) is 24.9 Å². The van der Waals surface area contributed by atoms with Gasteiger partial charge in [-0.05, 0) is 42.0 Å². The lowest BCUT2D eigenvalue weighted by Gasteiger charge is -2.36. The first-order valence-corrected chi connectivity index (χ1v) is 8.93. The van der Waals surface area contributed by atoms with Crippen molar-refractivity contribution in [3.63, 3.8) is 0 Å². The van der Waals surface area contributed by atoms with E-state index < -0.39 is 5.54 Å². The van der Waals surface area contributed by atoms with Crippen molar-refractivity contribution in [3.05, 3.63) is 48.5 Å². The van der Waals surface area contributed by atoms with Crippen LogP contribution in [0.4, 0.5) is 0 Å². The lowest BCUT2D eigenvalue weighted by atomic mass is 9.93. The molecule has 0 spiro atoms. The molecule has 2 N–H and O–H groups in total. The maximum atomic E-state index is 12.3. The molecule has 1 amide bonds.